The van der Waals surface area contributed by atoms with Crippen LogP contribution in [0.25, 0.3) is 0 Å². The first kappa shape index (κ1) is 15.6. The summed E-state index contributed by atoms with van der Waals surface area (Å²) in [6, 6.07) is 6.00. The molecular formula is C17H23Cl2NO. The third-order valence-corrected chi connectivity index (χ3v) is 5.66. The SMILES string of the molecule is CCNC(c1c(Cl)cccc1Cl)C1CCOC2(CCC2)C1. The molecule has 1 aromatic rings. The van der Waals surface area contributed by atoms with E-state index in [0.717, 1.165) is 41.6 Å². The van der Waals surface area contributed by atoms with Crippen LogP contribution >= 0.6 is 23.2 Å². The second-order valence-corrected chi connectivity index (χ2v) is 7.12. The van der Waals surface area contributed by atoms with Gasteiger partial charge >= 0.3 is 0 Å². The molecule has 1 aliphatic carbocycles. The van der Waals surface area contributed by atoms with E-state index in [1.165, 1.54) is 19.3 Å². The van der Waals surface area contributed by atoms with Crippen LogP contribution < -0.4 is 5.32 Å². The molecule has 2 atom stereocenters. The van der Waals surface area contributed by atoms with Gasteiger partial charge in [-0.1, -0.05) is 36.2 Å². The van der Waals surface area contributed by atoms with Crippen molar-refractivity contribution in [1.29, 1.82) is 0 Å². The van der Waals surface area contributed by atoms with Crippen molar-refractivity contribution in [3.8, 4) is 0 Å². The number of hydrogen-bond acceptors (Lipinski definition) is 2. The zero-order chi connectivity index (χ0) is 14.9. The predicted molar refractivity (Wildman–Crippen MR) is 88.1 cm³/mol. The smallest absolute Gasteiger partial charge is 0.0686 e. The lowest BCUT2D eigenvalue weighted by Crippen LogP contribution is -2.48. The minimum atomic E-state index is 0.143. The standard InChI is InChI=1S/C17H23Cl2NO/c1-2-20-16(15-13(18)5-3-6-14(15)19)12-7-10-21-17(11-12)8-4-9-17/h3,5-6,12,16,20H,2,4,7-11H2,1H3. The van der Waals surface area contributed by atoms with Gasteiger partial charge in [0.2, 0.25) is 0 Å². The first-order valence-electron chi connectivity index (χ1n) is 7.96. The summed E-state index contributed by atoms with van der Waals surface area (Å²) in [5.41, 5.74) is 1.20. The number of nitrogens with one attached hydrogen (secondary N) is 1. The summed E-state index contributed by atoms with van der Waals surface area (Å²) in [5.74, 6) is 0.538. The molecule has 2 nitrogen and oxygen atoms in total. The lowest BCUT2D eigenvalue weighted by molar-refractivity contribution is -0.147. The van der Waals surface area contributed by atoms with Gasteiger partial charge in [-0.05, 0) is 56.7 Å². The highest BCUT2D eigenvalue weighted by atomic mass is 35.5. The minimum absolute atomic E-state index is 0.143. The van der Waals surface area contributed by atoms with E-state index in [2.05, 4.69) is 12.2 Å². The molecule has 1 N–H and O–H groups in total. The molecule has 0 bridgehead atoms. The molecule has 116 valence electrons. The van der Waals surface area contributed by atoms with Crippen LogP contribution in [0.15, 0.2) is 18.2 Å². The first-order valence-corrected chi connectivity index (χ1v) is 8.72. The summed E-state index contributed by atoms with van der Waals surface area (Å²) < 4.78 is 6.06. The molecule has 1 aromatic carbocycles. The van der Waals surface area contributed by atoms with Crippen molar-refractivity contribution < 1.29 is 4.74 Å². The van der Waals surface area contributed by atoms with Gasteiger partial charge in [-0.15, -0.1) is 0 Å². The molecule has 1 saturated heterocycles. The van der Waals surface area contributed by atoms with Crippen LogP contribution in [0.1, 0.15) is 50.6 Å². The molecular weight excluding hydrogens is 305 g/mol. The van der Waals surface area contributed by atoms with Crippen LogP contribution in [-0.2, 0) is 4.74 Å². The van der Waals surface area contributed by atoms with Gasteiger partial charge in [0.1, 0.15) is 0 Å². The third-order valence-electron chi connectivity index (χ3n) is 5.00. The Morgan fingerprint density at radius 1 is 1.33 bits per heavy atom. The summed E-state index contributed by atoms with van der Waals surface area (Å²) in [5, 5.41) is 5.14. The van der Waals surface area contributed by atoms with E-state index in [9.17, 15) is 0 Å². The summed E-state index contributed by atoms with van der Waals surface area (Å²) in [4.78, 5) is 0. The van der Waals surface area contributed by atoms with Crippen LogP contribution in [0, 0.1) is 5.92 Å². The van der Waals surface area contributed by atoms with Gasteiger partial charge < -0.3 is 10.1 Å². The van der Waals surface area contributed by atoms with Crippen LogP contribution in [0.5, 0.6) is 0 Å². The molecule has 2 aliphatic rings. The fourth-order valence-corrected chi connectivity index (χ4v) is 4.43. The average molecular weight is 328 g/mol. The zero-order valence-corrected chi connectivity index (χ0v) is 14.0. The molecule has 0 radical (unpaired) electrons. The Bertz CT molecular complexity index is 481. The fourth-order valence-electron chi connectivity index (χ4n) is 3.80. The van der Waals surface area contributed by atoms with Crippen molar-refractivity contribution in [3.05, 3.63) is 33.8 Å². The number of hydrogen-bond donors (Lipinski definition) is 1. The van der Waals surface area contributed by atoms with Crippen molar-refractivity contribution in [2.75, 3.05) is 13.2 Å². The number of halogens is 2. The van der Waals surface area contributed by atoms with Crippen molar-refractivity contribution in [3.63, 3.8) is 0 Å². The maximum atomic E-state index is 6.44. The van der Waals surface area contributed by atoms with Crippen LogP contribution in [0.2, 0.25) is 10.0 Å². The Morgan fingerprint density at radius 2 is 2.05 bits per heavy atom. The van der Waals surface area contributed by atoms with E-state index in [0.29, 0.717) is 5.92 Å². The minimum Gasteiger partial charge on any atom is -0.375 e. The fraction of sp³-hybridized carbons (Fsp3) is 0.647. The topological polar surface area (TPSA) is 21.3 Å². The molecule has 1 spiro atoms. The number of rotatable bonds is 4. The number of benzene rings is 1. The van der Waals surface area contributed by atoms with Gasteiger partial charge in [-0.25, -0.2) is 0 Å². The Hall–Kier alpha value is -0.280. The second kappa shape index (κ2) is 6.45. The molecule has 1 heterocycles. The van der Waals surface area contributed by atoms with E-state index >= 15 is 0 Å². The van der Waals surface area contributed by atoms with E-state index < -0.39 is 0 Å². The Morgan fingerprint density at radius 3 is 2.62 bits per heavy atom. The lowest BCUT2D eigenvalue weighted by Gasteiger charge is -2.49. The zero-order valence-electron chi connectivity index (χ0n) is 12.5. The normalized spacial score (nSPS) is 25.6. The van der Waals surface area contributed by atoms with Crippen molar-refractivity contribution >= 4 is 23.2 Å². The highest BCUT2D eigenvalue weighted by molar-refractivity contribution is 6.36. The quantitative estimate of drug-likeness (QED) is 0.840. The van der Waals surface area contributed by atoms with E-state index in [-0.39, 0.29) is 11.6 Å². The van der Waals surface area contributed by atoms with E-state index in [1.54, 1.807) is 0 Å². The van der Waals surface area contributed by atoms with Crippen LogP contribution in [0.3, 0.4) is 0 Å². The molecule has 0 aromatic heterocycles. The third kappa shape index (κ3) is 3.10. The first-order chi connectivity index (χ1) is 10.2. The van der Waals surface area contributed by atoms with Gasteiger partial charge in [-0.2, -0.15) is 0 Å². The summed E-state index contributed by atoms with van der Waals surface area (Å²) in [6.07, 6.45) is 5.90. The maximum Gasteiger partial charge on any atom is 0.0686 e. The summed E-state index contributed by atoms with van der Waals surface area (Å²) in [7, 11) is 0. The molecule has 3 rings (SSSR count). The molecule has 21 heavy (non-hydrogen) atoms. The Labute approximate surface area is 137 Å². The monoisotopic (exact) mass is 327 g/mol. The van der Waals surface area contributed by atoms with Crippen LogP contribution in [0.4, 0.5) is 0 Å². The Kier molecular flexibility index (Phi) is 4.80. The van der Waals surface area contributed by atoms with E-state index in [4.69, 9.17) is 27.9 Å². The molecule has 0 amide bonds. The lowest BCUT2D eigenvalue weighted by atomic mass is 9.69. The van der Waals surface area contributed by atoms with Gasteiger partial charge in [0.25, 0.3) is 0 Å². The van der Waals surface area contributed by atoms with Crippen molar-refractivity contribution in [2.45, 2.75) is 50.7 Å². The van der Waals surface area contributed by atoms with Crippen molar-refractivity contribution in [2.24, 2.45) is 5.92 Å². The average Bonchev–Trinajstić information content (AvgIpc) is 2.44. The van der Waals surface area contributed by atoms with E-state index in [1.807, 2.05) is 18.2 Å². The summed E-state index contributed by atoms with van der Waals surface area (Å²) in [6.45, 7) is 3.90. The molecule has 4 heteroatoms. The predicted octanol–water partition coefficient (Wildman–Crippen LogP) is 4.99. The molecule has 1 saturated carbocycles. The van der Waals surface area contributed by atoms with Gasteiger partial charge in [-0.3, -0.25) is 0 Å². The van der Waals surface area contributed by atoms with Gasteiger partial charge in [0, 0.05) is 28.3 Å². The molecule has 1 aliphatic heterocycles. The Balaban J connectivity index is 1.87. The number of ether oxygens (including phenoxy) is 1. The molecule has 2 unspecified atom stereocenters. The highest BCUT2D eigenvalue weighted by Crippen LogP contribution is 2.48. The molecule has 2 fully saturated rings. The maximum absolute atomic E-state index is 6.44. The van der Waals surface area contributed by atoms with Crippen LogP contribution in [-0.4, -0.2) is 18.8 Å². The largest absolute Gasteiger partial charge is 0.375 e. The van der Waals surface area contributed by atoms with Gasteiger partial charge in [0.05, 0.1) is 5.60 Å². The second-order valence-electron chi connectivity index (χ2n) is 6.31. The van der Waals surface area contributed by atoms with Crippen molar-refractivity contribution in [1.82, 2.24) is 5.32 Å². The highest BCUT2D eigenvalue weighted by Gasteiger charge is 2.44. The van der Waals surface area contributed by atoms with Gasteiger partial charge in [0.15, 0.2) is 0 Å². The summed E-state index contributed by atoms with van der Waals surface area (Å²) >= 11 is 12.9.